The summed E-state index contributed by atoms with van der Waals surface area (Å²) in [7, 11) is 1.89. The van der Waals surface area contributed by atoms with E-state index in [0.717, 1.165) is 16.3 Å². The lowest BCUT2D eigenvalue weighted by molar-refractivity contribution is 0.766. The highest BCUT2D eigenvalue weighted by Gasteiger charge is 2.06. The van der Waals surface area contributed by atoms with E-state index in [1.807, 2.05) is 19.4 Å². The van der Waals surface area contributed by atoms with Crippen molar-refractivity contribution in [2.75, 3.05) is 0 Å². The molecule has 2 aromatic rings. The van der Waals surface area contributed by atoms with E-state index in [9.17, 15) is 0 Å². The molecule has 2 aromatic heterocycles. The lowest BCUT2D eigenvalue weighted by Gasteiger charge is -1.93. The van der Waals surface area contributed by atoms with Crippen LogP contribution >= 0.6 is 34.9 Å². The van der Waals surface area contributed by atoms with Crippen molar-refractivity contribution in [3.05, 3.63) is 22.4 Å². The van der Waals surface area contributed by atoms with E-state index in [0.29, 0.717) is 4.34 Å². The van der Waals surface area contributed by atoms with Gasteiger partial charge in [-0.25, -0.2) is 0 Å². The van der Waals surface area contributed by atoms with Gasteiger partial charge >= 0.3 is 0 Å². The second-order valence-electron chi connectivity index (χ2n) is 2.63. The van der Waals surface area contributed by atoms with Crippen molar-refractivity contribution in [3.63, 3.8) is 0 Å². The summed E-state index contributed by atoms with van der Waals surface area (Å²) in [6, 6.07) is 0. The summed E-state index contributed by atoms with van der Waals surface area (Å²) in [5.74, 6) is 0.737. The SMILES string of the molecule is Cn1cc(SCc2nnsc2Cl)cn1. The van der Waals surface area contributed by atoms with Crippen molar-refractivity contribution in [2.45, 2.75) is 10.6 Å². The smallest absolute Gasteiger partial charge is 0.138 e. The molecule has 0 aromatic carbocycles. The lowest BCUT2D eigenvalue weighted by atomic mass is 10.6. The minimum absolute atomic E-state index is 0.668. The second-order valence-corrected chi connectivity index (χ2v) is 5.04. The van der Waals surface area contributed by atoms with E-state index in [4.69, 9.17) is 11.6 Å². The van der Waals surface area contributed by atoms with Gasteiger partial charge in [0.2, 0.25) is 0 Å². The minimum atomic E-state index is 0.668. The molecule has 0 radical (unpaired) electrons. The van der Waals surface area contributed by atoms with Gasteiger partial charge < -0.3 is 0 Å². The summed E-state index contributed by atoms with van der Waals surface area (Å²) in [6.45, 7) is 0. The van der Waals surface area contributed by atoms with Crippen molar-refractivity contribution < 1.29 is 0 Å². The monoisotopic (exact) mass is 246 g/mol. The Kier molecular flexibility index (Phi) is 3.05. The molecule has 0 fully saturated rings. The highest BCUT2D eigenvalue weighted by Crippen LogP contribution is 2.26. The summed E-state index contributed by atoms with van der Waals surface area (Å²) < 4.78 is 6.20. The zero-order valence-electron chi connectivity index (χ0n) is 7.35. The molecule has 0 N–H and O–H groups in total. The maximum absolute atomic E-state index is 5.87. The summed E-state index contributed by atoms with van der Waals surface area (Å²) in [5.41, 5.74) is 0.838. The van der Waals surface area contributed by atoms with Crippen molar-refractivity contribution in [2.24, 2.45) is 7.05 Å². The number of halogens is 1. The fraction of sp³-hybridized carbons (Fsp3) is 0.286. The molecule has 0 aliphatic rings. The van der Waals surface area contributed by atoms with Gasteiger partial charge in [0.25, 0.3) is 0 Å². The molecule has 14 heavy (non-hydrogen) atoms. The van der Waals surface area contributed by atoms with Crippen LogP contribution in [0.5, 0.6) is 0 Å². The van der Waals surface area contributed by atoms with Gasteiger partial charge in [0.1, 0.15) is 10.0 Å². The minimum Gasteiger partial charge on any atom is -0.275 e. The molecular weight excluding hydrogens is 240 g/mol. The van der Waals surface area contributed by atoms with Crippen LogP contribution in [0, 0.1) is 0 Å². The largest absolute Gasteiger partial charge is 0.275 e. The molecule has 0 saturated carbocycles. The van der Waals surface area contributed by atoms with E-state index in [2.05, 4.69) is 14.7 Å². The van der Waals surface area contributed by atoms with Gasteiger partial charge in [-0.3, -0.25) is 4.68 Å². The second kappa shape index (κ2) is 4.29. The zero-order valence-corrected chi connectivity index (χ0v) is 9.73. The number of rotatable bonds is 3. The van der Waals surface area contributed by atoms with Crippen LogP contribution in [0.3, 0.4) is 0 Å². The van der Waals surface area contributed by atoms with E-state index in [1.54, 1.807) is 16.4 Å². The molecule has 0 amide bonds. The Balaban J connectivity index is 1.98. The Morgan fingerprint density at radius 1 is 1.64 bits per heavy atom. The Hall–Kier alpha value is -0.590. The molecule has 2 rings (SSSR count). The third-order valence-corrected chi connectivity index (χ3v) is 3.51. The number of hydrogen-bond donors (Lipinski definition) is 0. The van der Waals surface area contributed by atoms with Gasteiger partial charge in [-0.15, -0.1) is 16.9 Å². The Morgan fingerprint density at radius 2 is 2.50 bits per heavy atom. The summed E-state index contributed by atoms with van der Waals surface area (Å²) in [6.07, 6.45) is 3.77. The highest BCUT2D eigenvalue weighted by atomic mass is 35.5. The number of aryl methyl sites for hydroxylation is 1. The summed E-state index contributed by atoms with van der Waals surface area (Å²) >= 11 is 8.74. The van der Waals surface area contributed by atoms with Crippen LogP contribution in [0.2, 0.25) is 4.34 Å². The highest BCUT2D eigenvalue weighted by molar-refractivity contribution is 7.98. The molecule has 0 aliphatic carbocycles. The van der Waals surface area contributed by atoms with Crippen LogP contribution in [0.15, 0.2) is 17.3 Å². The van der Waals surface area contributed by atoms with Gasteiger partial charge in [0.15, 0.2) is 0 Å². The number of aromatic nitrogens is 4. The van der Waals surface area contributed by atoms with Crippen LogP contribution in [0.25, 0.3) is 0 Å². The topological polar surface area (TPSA) is 43.6 Å². The summed E-state index contributed by atoms with van der Waals surface area (Å²) in [4.78, 5) is 1.11. The lowest BCUT2D eigenvalue weighted by Crippen LogP contribution is -1.84. The molecule has 0 saturated heterocycles. The quantitative estimate of drug-likeness (QED) is 0.779. The number of nitrogens with zero attached hydrogens (tertiary/aromatic N) is 4. The summed E-state index contributed by atoms with van der Waals surface area (Å²) in [5, 5.41) is 7.99. The predicted octanol–water partition coefficient (Wildman–Crippen LogP) is 2.22. The molecule has 0 unspecified atom stereocenters. The Bertz CT molecular complexity index is 425. The zero-order chi connectivity index (χ0) is 9.97. The van der Waals surface area contributed by atoms with E-state index in [-0.39, 0.29) is 0 Å². The van der Waals surface area contributed by atoms with E-state index < -0.39 is 0 Å². The molecule has 0 bridgehead atoms. The number of thioether (sulfide) groups is 1. The van der Waals surface area contributed by atoms with Crippen molar-refractivity contribution >= 4 is 34.9 Å². The van der Waals surface area contributed by atoms with E-state index in [1.165, 1.54) is 11.5 Å². The first-order valence-corrected chi connectivity index (χ1v) is 5.97. The third-order valence-electron chi connectivity index (χ3n) is 1.57. The van der Waals surface area contributed by atoms with Gasteiger partial charge in [-0.2, -0.15) is 5.10 Å². The van der Waals surface area contributed by atoms with Crippen molar-refractivity contribution in [3.8, 4) is 0 Å². The van der Waals surface area contributed by atoms with Crippen LogP contribution < -0.4 is 0 Å². The van der Waals surface area contributed by atoms with Crippen LogP contribution in [-0.2, 0) is 12.8 Å². The maximum Gasteiger partial charge on any atom is 0.138 e. The standard InChI is InChI=1S/C7H7ClN4S2/c1-12-3-5(2-9-12)13-4-6-7(8)14-11-10-6/h2-3H,4H2,1H3. The first-order chi connectivity index (χ1) is 6.75. The van der Waals surface area contributed by atoms with Gasteiger partial charge in [0.05, 0.1) is 6.20 Å². The molecule has 74 valence electrons. The van der Waals surface area contributed by atoms with Crippen LogP contribution in [0.1, 0.15) is 5.69 Å². The van der Waals surface area contributed by atoms with Crippen molar-refractivity contribution in [1.82, 2.24) is 19.4 Å². The Labute approximate surface area is 94.4 Å². The maximum atomic E-state index is 5.87. The van der Waals surface area contributed by atoms with E-state index >= 15 is 0 Å². The van der Waals surface area contributed by atoms with Gasteiger partial charge in [0, 0.05) is 35.4 Å². The van der Waals surface area contributed by atoms with Gasteiger partial charge in [-0.05, 0) is 0 Å². The molecule has 2 heterocycles. The molecular formula is C7H7ClN4S2. The fourth-order valence-corrected chi connectivity index (χ4v) is 2.56. The van der Waals surface area contributed by atoms with Crippen LogP contribution in [-0.4, -0.2) is 19.4 Å². The average Bonchev–Trinajstić information content (AvgIpc) is 2.72. The average molecular weight is 247 g/mol. The molecule has 0 aliphatic heterocycles. The predicted molar refractivity (Wildman–Crippen MR) is 57.7 cm³/mol. The normalized spacial score (nSPS) is 10.7. The molecule has 0 atom stereocenters. The molecule has 0 spiro atoms. The van der Waals surface area contributed by atoms with Crippen molar-refractivity contribution in [1.29, 1.82) is 0 Å². The molecule has 7 heteroatoms. The first kappa shape index (κ1) is 9.95. The number of hydrogen-bond acceptors (Lipinski definition) is 5. The first-order valence-electron chi connectivity index (χ1n) is 3.84. The third kappa shape index (κ3) is 2.26. The Morgan fingerprint density at radius 3 is 3.07 bits per heavy atom. The van der Waals surface area contributed by atoms with Gasteiger partial charge in [-0.1, -0.05) is 16.1 Å². The van der Waals surface area contributed by atoms with Crippen LogP contribution in [0.4, 0.5) is 0 Å². The fourth-order valence-electron chi connectivity index (χ4n) is 0.908. The molecule has 4 nitrogen and oxygen atoms in total.